The van der Waals surface area contributed by atoms with E-state index in [1.54, 1.807) is 0 Å². The van der Waals surface area contributed by atoms with Crippen LogP contribution in [0.5, 0.6) is 0 Å². The minimum atomic E-state index is 0.625. The number of hydrogen-bond acceptors (Lipinski definition) is 3. The topological polar surface area (TPSA) is 29.5 Å². The van der Waals surface area contributed by atoms with E-state index in [0.717, 1.165) is 77.5 Å². The molecule has 0 bridgehead atoms. The summed E-state index contributed by atoms with van der Waals surface area (Å²) in [5, 5.41) is 6.96. The number of para-hydroxylation sites is 3. The van der Waals surface area contributed by atoms with Crippen LogP contribution in [0.25, 0.3) is 99.2 Å². The van der Waals surface area contributed by atoms with Crippen molar-refractivity contribution < 1.29 is 8.83 Å². The smallest absolute Gasteiger partial charge is 0.136 e. The van der Waals surface area contributed by atoms with Gasteiger partial charge in [0.05, 0.1) is 0 Å². The van der Waals surface area contributed by atoms with E-state index in [1.165, 1.54) is 38.6 Å². The summed E-state index contributed by atoms with van der Waals surface area (Å²) >= 11 is 0. The molecule has 0 aliphatic heterocycles. The maximum Gasteiger partial charge on any atom is 0.136 e. The molecule has 12 aromatic rings. The van der Waals surface area contributed by atoms with Crippen LogP contribution in [-0.4, -0.2) is 0 Å². The second-order valence-corrected chi connectivity index (χ2v) is 16.0. The molecule has 0 fully saturated rings. The van der Waals surface area contributed by atoms with Gasteiger partial charge in [-0.3, -0.25) is 0 Å². The van der Waals surface area contributed by atoms with E-state index in [1.807, 2.05) is 24.3 Å². The lowest BCUT2D eigenvalue weighted by Gasteiger charge is -2.29. The highest BCUT2D eigenvalue weighted by Crippen LogP contribution is 2.43. The van der Waals surface area contributed by atoms with Gasteiger partial charge >= 0.3 is 0 Å². The van der Waals surface area contributed by atoms with E-state index in [9.17, 15) is 0 Å². The number of hydrogen-bond donors (Lipinski definition) is 0. The second-order valence-electron chi connectivity index (χ2n) is 16.0. The third-order valence-electron chi connectivity index (χ3n) is 12.4. The Morgan fingerprint density at radius 1 is 0.323 bits per heavy atom. The first-order chi connectivity index (χ1) is 30.7. The van der Waals surface area contributed by atoms with Crippen LogP contribution in [0.4, 0.5) is 11.4 Å². The van der Waals surface area contributed by atoms with Gasteiger partial charge in [0.25, 0.3) is 0 Å². The van der Waals surface area contributed by atoms with Gasteiger partial charge in [-0.1, -0.05) is 170 Å². The zero-order valence-corrected chi connectivity index (χ0v) is 33.8. The maximum absolute atomic E-state index is 6.36. The summed E-state index contributed by atoms with van der Waals surface area (Å²) in [6.45, 7) is 0.625. The fraction of sp³-hybridized carbons (Fsp3) is 0.0169. The number of nitrogens with zero attached hydrogens (tertiary/aromatic N) is 1. The SMILES string of the molecule is c1ccc(-c2cccc3cccc(-c4ccccc4CN(c4cccc(-c5ccc6c(c5)oc5ccccc56)c4)c4ccccc4-c4ccc5oc6ccccc6c5c4)c23)cc1. The van der Waals surface area contributed by atoms with Gasteiger partial charge in [0.1, 0.15) is 22.3 Å². The number of fused-ring (bicyclic) bond motifs is 7. The molecular formula is C59H39NO2. The van der Waals surface area contributed by atoms with Gasteiger partial charge in [-0.25, -0.2) is 0 Å². The van der Waals surface area contributed by atoms with Gasteiger partial charge in [0, 0.05) is 45.0 Å². The quantitative estimate of drug-likeness (QED) is 0.153. The zero-order valence-electron chi connectivity index (χ0n) is 33.8. The predicted molar refractivity (Wildman–Crippen MR) is 259 cm³/mol. The minimum Gasteiger partial charge on any atom is -0.456 e. The standard InChI is InChI=1S/C59H39NO2/c1-2-15-39(16-3-1)48-26-13-18-40-19-14-27-52(59(40)48)46-22-5-4-17-44(46)38-60(45-21-12-20-41(35-45)42-31-33-51-49-24-7-10-29-55(49)62-58(51)37-42)54-28-9-6-23-47(54)43-32-34-57-53(36-43)50-25-8-11-30-56(50)61-57/h1-37H,38H2. The Morgan fingerprint density at radius 3 is 1.74 bits per heavy atom. The van der Waals surface area contributed by atoms with Crippen LogP contribution in [0.3, 0.4) is 0 Å². The highest BCUT2D eigenvalue weighted by molar-refractivity contribution is 6.09. The zero-order chi connectivity index (χ0) is 41.0. The largest absolute Gasteiger partial charge is 0.456 e. The Morgan fingerprint density at radius 2 is 0.903 bits per heavy atom. The molecule has 0 atom stereocenters. The van der Waals surface area contributed by atoms with Crippen LogP contribution >= 0.6 is 0 Å². The molecule has 0 radical (unpaired) electrons. The molecule has 292 valence electrons. The average Bonchev–Trinajstić information content (AvgIpc) is 3.91. The van der Waals surface area contributed by atoms with Gasteiger partial charge in [0.15, 0.2) is 0 Å². The van der Waals surface area contributed by atoms with Crippen molar-refractivity contribution >= 4 is 66.0 Å². The predicted octanol–water partition coefficient (Wildman–Crippen LogP) is 16.6. The highest BCUT2D eigenvalue weighted by atomic mass is 16.3. The summed E-state index contributed by atoms with van der Waals surface area (Å²) in [6.07, 6.45) is 0. The molecule has 3 nitrogen and oxygen atoms in total. The summed E-state index contributed by atoms with van der Waals surface area (Å²) < 4.78 is 12.6. The average molecular weight is 794 g/mol. The van der Waals surface area contributed by atoms with Crippen molar-refractivity contribution in [2.75, 3.05) is 4.90 Å². The molecule has 62 heavy (non-hydrogen) atoms. The first kappa shape index (κ1) is 35.8. The van der Waals surface area contributed by atoms with Crippen LogP contribution < -0.4 is 4.90 Å². The van der Waals surface area contributed by atoms with Crippen LogP contribution in [-0.2, 0) is 6.54 Å². The number of benzene rings is 10. The molecule has 0 amide bonds. The molecule has 0 N–H and O–H groups in total. The van der Waals surface area contributed by atoms with Crippen LogP contribution in [0.2, 0.25) is 0 Å². The minimum absolute atomic E-state index is 0.625. The van der Waals surface area contributed by atoms with E-state index >= 15 is 0 Å². The van der Waals surface area contributed by atoms with Gasteiger partial charge in [-0.05, 0) is 110 Å². The molecule has 0 saturated carbocycles. The molecule has 2 heterocycles. The second kappa shape index (κ2) is 14.8. The van der Waals surface area contributed by atoms with Crippen molar-refractivity contribution in [3.8, 4) is 44.5 Å². The summed E-state index contributed by atoms with van der Waals surface area (Å²) in [6, 6.07) is 80.4. The van der Waals surface area contributed by atoms with E-state index in [0.29, 0.717) is 6.54 Å². The normalized spacial score (nSPS) is 11.6. The molecule has 10 aromatic carbocycles. The number of furan rings is 2. The van der Waals surface area contributed by atoms with Crippen molar-refractivity contribution in [2.24, 2.45) is 0 Å². The first-order valence-corrected chi connectivity index (χ1v) is 21.2. The molecule has 3 heteroatoms. The Hall–Kier alpha value is -8.14. The van der Waals surface area contributed by atoms with Crippen LogP contribution in [0, 0.1) is 0 Å². The van der Waals surface area contributed by atoms with E-state index in [2.05, 4.69) is 205 Å². The Bertz CT molecular complexity index is 3630. The van der Waals surface area contributed by atoms with Crippen LogP contribution in [0.1, 0.15) is 5.56 Å². The van der Waals surface area contributed by atoms with Gasteiger partial charge in [-0.15, -0.1) is 0 Å². The van der Waals surface area contributed by atoms with Crippen molar-refractivity contribution in [1.82, 2.24) is 0 Å². The lowest BCUT2D eigenvalue weighted by atomic mass is 9.89. The lowest BCUT2D eigenvalue weighted by molar-refractivity contribution is 0.668. The molecule has 0 spiro atoms. The van der Waals surface area contributed by atoms with Crippen LogP contribution in [0.15, 0.2) is 233 Å². The van der Waals surface area contributed by atoms with E-state index in [4.69, 9.17) is 8.83 Å². The monoisotopic (exact) mass is 793 g/mol. The summed E-state index contributed by atoms with van der Waals surface area (Å²) in [4.78, 5) is 2.48. The van der Waals surface area contributed by atoms with Gasteiger partial charge in [0.2, 0.25) is 0 Å². The number of anilines is 2. The Kier molecular flexibility index (Phi) is 8.57. The van der Waals surface area contributed by atoms with Crippen molar-refractivity contribution in [3.63, 3.8) is 0 Å². The van der Waals surface area contributed by atoms with Crippen molar-refractivity contribution in [3.05, 3.63) is 230 Å². The van der Waals surface area contributed by atoms with E-state index in [-0.39, 0.29) is 0 Å². The molecular weight excluding hydrogens is 755 g/mol. The third-order valence-corrected chi connectivity index (χ3v) is 12.4. The van der Waals surface area contributed by atoms with Crippen molar-refractivity contribution in [1.29, 1.82) is 0 Å². The Labute approximate surface area is 359 Å². The highest BCUT2D eigenvalue weighted by Gasteiger charge is 2.21. The molecule has 2 aromatic heterocycles. The maximum atomic E-state index is 6.36. The molecule has 0 aliphatic carbocycles. The third kappa shape index (κ3) is 6.14. The molecule has 0 saturated heterocycles. The number of rotatable bonds is 8. The van der Waals surface area contributed by atoms with Gasteiger partial charge < -0.3 is 13.7 Å². The van der Waals surface area contributed by atoms with E-state index < -0.39 is 0 Å². The Balaban J connectivity index is 1.04. The molecule has 0 aliphatic rings. The fourth-order valence-electron chi connectivity index (χ4n) is 9.44. The van der Waals surface area contributed by atoms with Gasteiger partial charge in [-0.2, -0.15) is 0 Å². The summed E-state index contributed by atoms with van der Waals surface area (Å²) in [5.74, 6) is 0. The van der Waals surface area contributed by atoms with Crippen molar-refractivity contribution in [2.45, 2.75) is 6.54 Å². The molecule has 12 rings (SSSR count). The fourth-order valence-corrected chi connectivity index (χ4v) is 9.44. The lowest BCUT2D eigenvalue weighted by Crippen LogP contribution is -2.18. The first-order valence-electron chi connectivity index (χ1n) is 21.2. The summed E-state index contributed by atoms with van der Waals surface area (Å²) in [5.41, 5.74) is 16.4. The summed E-state index contributed by atoms with van der Waals surface area (Å²) in [7, 11) is 0. The molecule has 0 unspecified atom stereocenters.